The first-order chi connectivity index (χ1) is 22.7. The number of carbonyl (C=O) groups is 3. The molecule has 0 saturated heterocycles. The van der Waals surface area contributed by atoms with Crippen molar-refractivity contribution in [3.63, 3.8) is 0 Å². The highest BCUT2D eigenvalue weighted by Gasteiger charge is 2.51. The van der Waals surface area contributed by atoms with Crippen LogP contribution in [-0.4, -0.2) is 42.8 Å². The van der Waals surface area contributed by atoms with E-state index in [0.717, 1.165) is 43.7 Å². The highest BCUT2D eigenvalue weighted by molar-refractivity contribution is 5.94. The van der Waals surface area contributed by atoms with Crippen molar-refractivity contribution in [2.24, 2.45) is 22.7 Å². The number of aryl methyl sites for hydroxylation is 2. The molecule has 264 valence electrons. The Labute approximate surface area is 289 Å². The number of aldehydes is 1. The van der Waals surface area contributed by atoms with E-state index in [0.29, 0.717) is 35.5 Å². The molecule has 0 bridgehead atoms. The number of carbonyl (C=O) groups excluding carboxylic acids is 3. The molecular formula is C41H61N3O4. The highest BCUT2D eigenvalue weighted by atomic mass is 16.3. The smallest absolute Gasteiger partial charge is 0.241 e. The predicted octanol–water partition coefficient (Wildman–Crippen LogP) is 7.83. The summed E-state index contributed by atoms with van der Waals surface area (Å²) >= 11 is 0. The number of hydrogen-bond donors (Lipinski definition) is 4. The number of nitrogens with one attached hydrogen (secondary N) is 3. The maximum absolute atomic E-state index is 12.4. The summed E-state index contributed by atoms with van der Waals surface area (Å²) in [6.07, 6.45) is 13.6. The van der Waals surface area contributed by atoms with Crippen LogP contribution in [0.3, 0.4) is 0 Å². The number of phenols is 1. The van der Waals surface area contributed by atoms with E-state index in [4.69, 9.17) is 4.79 Å². The van der Waals surface area contributed by atoms with E-state index in [1.807, 2.05) is 13.0 Å². The first-order valence-corrected chi connectivity index (χ1v) is 18.3. The molecule has 2 fully saturated rings. The lowest BCUT2D eigenvalue weighted by Crippen LogP contribution is -2.49. The standard InChI is InChI=1S/C22H34N2O.C17H22O2.C2H5NO/c1-14(2)23-15(3)21(25)24-17-10-8-16-9-11-20-18(19(16)13-17)7-6-12-22(20,4)5;1-16(11-18)8-3-9-17(2)14-10-13(19)6-4-12(14)5-7-15(16)17;1-3-2-4/h8,10,13-15,18,20,23H,6-7,9,11-12H2,1-5H3,(H,24,25);4,6,10-11,15,19H,3,5,7-9H2,1-2H3;2H,1H3,(H,3,4)/t;15?,16-,17?;/m.1./s1. The molecule has 5 unspecified atom stereocenters. The van der Waals surface area contributed by atoms with Crippen molar-refractivity contribution in [2.45, 2.75) is 136 Å². The van der Waals surface area contributed by atoms with Crippen LogP contribution in [0.15, 0.2) is 36.4 Å². The van der Waals surface area contributed by atoms with Crippen molar-refractivity contribution in [3.05, 3.63) is 58.7 Å². The monoisotopic (exact) mass is 659 g/mol. The SMILES string of the molecule is CC(C)NC(C)C(=O)Nc1ccc2c(c1)C1CCCC(C)(C)C1CC2.CC12CCC[C@](C)(C=O)C1CCc1ccc(O)cc12.CNC=O. The number of phenolic OH excluding ortho intramolecular Hbond substituents is 1. The molecule has 0 aliphatic heterocycles. The van der Waals surface area contributed by atoms with Gasteiger partial charge in [-0.2, -0.15) is 0 Å². The largest absolute Gasteiger partial charge is 0.508 e. The molecule has 7 heteroatoms. The van der Waals surface area contributed by atoms with Gasteiger partial charge in [-0.25, -0.2) is 0 Å². The molecule has 6 rings (SSSR count). The summed E-state index contributed by atoms with van der Waals surface area (Å²) in [4.78, 5) is 33.1. The second kappa shape index (κ2) is 15.6. The van der Waals surface area contributed by atoms with Crippen molar-refractivity contribution in [1.29, 1.82) is 0 Å². The summed E-state index contributed by atoms with van der Waals surface area (Å²) in [7, 11) is 1.56. The topological polar surface area (TPSA) is 108 Å². The second-order valence-corrected chi connectivity index (χ2v) is 16.3. The zero-order valence-corrected chi connectivity index (χ0v) is 30.7. The number of hydrogen-bond acceptors (Lipinski definition) is 5. The molecule has 4 N–H and O–H groups in total. The van der Waals surface area contributed by atoms with Crippen LogP contribution in [0.1, 0.15) is 128 Å². The van der Waals surface area contributed by atoms with Crippen LogP contribution in [0.5, 0.6) is 5.75 Å². The van der Waals surface area contributed by atoms with Gasteiger partial charge in [-0.1, -0.05) is 66.5 Å². The van der Waals surface area contributed by atoms with Gasteiger partial charge >= 0.3 is 0 Å². The molecule has 0 heterocycles. The zero-order valence-electron chi connectivity index (χ0n) is 30.7. The summed E-state index contributed by atoms with van der Waals surface area (Å²) in [6, 6.07) is 12.5. The summed E-state index contributed by atoms with van der Waals surface area (Å²) in [5.41, 5.74) is 6.84. The van der Waals surface area contributed by atoms with Crippen LogP contribution < -0.4 is 16.0 Å². The normalized spacial score (nSPS) is 28.6. The third-order valence-electron chi connectivity index (χ3n) is 12.1. The van der Waals surface area contributed by atoms with Gasteiger partial charge in [-0.3, -0.25) is 9.59 Å². The van der Waals surface area contributed by atoms with E-state index in [-0.39, 0.29) is 22.8 Å². The number of aromatic hydroxyl groups is 1. The summed E-state index contributed by atoms with van der Waals surface area (Å²) in [6.45, 7) is 15.3. The van der Waals surface area contributed by atoms with Crippen molar-refractivity contribution >= 4 is 24.3 Å². The van der Waals surface area contributed by atoms with Gasteiger partial charge < -0.3 is 25.9 Å². The van der Waals surface area contributed by atoms with Crippen molar-refractivity contribution in [2.75, 3.05) is 12.4 Å². The summed E-state index contributed by atoms with van der Waals surface area (Å²) in [5.74, 6) is 2.24. The fourth-order valence-corrected chi connectivity index (χ4v) is 9.69. The maximum atomic E-state index is 12.4. The van der Waals surface area contributed by atoms with Gasteiger partial charge in [0.25, 0.3) is 0 Å². The lowest BCUT2D eigenvalue weighted by Gasteiger charge is -2.53. The molecule has 2 aromatic rings. The molecule has 4 aliphatic rings. The van der Waals surface area contributed by atoms with Gasteiger partial charge in [0, 0.05) is 24.2 Å². The molecular weight excluding hydrogens is 598 g/mol. The number of anilines is 1. The van der Waals surface area contributed by atoms with E-state index >= 15 is 0 Å². The minimum absolute atomic E-state index is 0.0419. The van der Waals surface area contributed by atoms with Crippen LogP contribution >= 0.6 is 0 Å². The molecule has 48 heavy (non-hydrogen) atoms. The Balaban J connectivity index is 0.000000201. The number of rotatable bonds is 6. The molecule has 2 saturated carbocycles. The van der Waals surface area contributed by atoms with Gasteiger partial charge in [0.2, 0.25) is 12.3 Å². The van der Waals surface area contributed by atoms with E-state index in [1.54, 1.807) is 13.1 Å². The summed E-state index contributed by atoms with van der Waals surface area (Å²) < 4.78 is 0. The maximum Gasteiger partial charge on any atom is 0.241 e. The Morgan fingerprint density at radius 2 is 1.58 bits per heavy atom. The van der Waals surface area contributed by atoms with E-state index in [9.17, 15) is 14.7 Å². The van der Waals surface area contributed by atoms with Crippen molar-refractivity contribution < 1.29 is 19.5 Å². The molecule has 7 nitrogen and oxygen atoms in total. The summed E-state index contributed by atoms with van der Waals surface area (Å²) in [5, 5.41) is 18.4. The van der Waals surface area contributed by atoms with Crippen LogP contribution in [-0.2, 0) is 32.6 Å². The quantitative estimate of drug-likeness (QED) is 0.237. The van der Waals surface area contributed by atoms with Crippen LogP contribution in [0.2, 0.25) is 0 Å². The van der Waals surface area contributed by atoms with E-state index < -0.39 is 0 Å². The number of fused-ring (bicyclic) bond motifs is 6. The van der Waals surface area contributed by atoms with Gasteiger partial charge in [0.15, 0.2) is 0 Å². The van der Waals surface area contributed by atoms with Crippen LogP contribution in [0.25, 0.3) is 0 Å². The first kappa shape index (κ1) is 37.6. The predicted molar refractivity (Wildman–Crippen MR) is 195 cm³/mol. The fraction of sp³-hybridized carbons (Fsp3) is 0.634. The highest BCUT2D eigenvalue weighted by Crippen LogP contribution is 2.57. The molecule has 0 aromatic heterocycles. The Morgan fingerprint density at radius 3 is 2.25 bits per heavy atom. The van der Waals surface area contributed by atoms with Gasteiger partial charge in [0.1, 0.15) is 12.0 Å². The Kier molecular flexibility index (Phi) is 12.2. The molecule has 0 spiro atoms. The van der Waals surface area contributed by atoms with Crippen LogP contribution in [0.4, 0.5) is 5.69 Å². The number of amides is 2. The molecule has 2 amide bonds. The van der Waals surface area contributed by atoms with E-state index in [2.05, 4.69) is 81.8 Å². The minimum Gasteiger partial charge on any atom is -0.508 e. The molecule has 0 radical (unpaired) electrons. The lowest BCUT2D eigenvalue weighted by molar-refractivity contribution is -0.123. The van der Waals surface area contributed by atoms with Gasteiger partial charge in [-0.15, -0.1) is 0 Å². The Bertz CT molecular complexity index is 1440. The fourth-order valence-electron chi connectivity index (χ4n) is 9.69. The third-order valence-corrected chi connectivity index (χ3v) is 12.1. The minimum atomic E-state index is -0.198. The van der Waals surface area contributed by atoms with Crippen LogP contribution in [0, 0.1) is 22.7 Å². The number of benzene rings is 2. The second-order valence-electron chi connectivity index (χ2n) is 16.3. The molecule has 4 aliphatic carbocycles. The molecule has 6 atom stereocenters. The Hall–Kier alpha value is -3.19. The first-order valence-electron chi connectivity index (χ1n) is 18.3. The molecule has 2 aromatic carbocycles. The average Bonchev–Trinajstić information content (AvgIpc) is 3.05. The Morgan fingerprint density at radius 1 is 0.896 bits per heavy atom. The van der Waals surface area contributed by atoms with Gasteiger partial charge in [0.05, 0.1) is 6.04 Å². The van der Waals surface area contributed by atoms with Crippen molar-refractivity contribution in [1.82, 2.24) is 10.6 Å². The van der Waals surface area contributed by atoms with Gasteiger partial charge in [-0.05, 0) is 133 Å². The van der Waals surface area contributed by atoms with E-state index in [1.165, 1.54) is 60.6 Å². The zero-order chi connectivity index (χ0) is 35.3. The van der Waals surface area contributed by atoms with Crippen molar-refractivity contribution in [3.8, 4) is 5.75 Å². The third kappa shape index (κ3) is 8.15. The lowest BCUT2D eigenvalue weighted by atomic mass is 9.50. The average molecular weight is 660 g/mol.